The molecule has 1 N–H and O–H groups in total. The van der Waals surface area contributed by atoms with Gasteiger partial charge >= 0.3 is 0 Å². The molecule has 1 aromatic carbocycles. The standard InChI is InChI=1S/C28H38N4O2S/c33-27(26-12-7-21-35-26)29-22-13-15-31(16-14-22)25-11-6-5-10-24(25)28(34)32-19-17-30(18-20-32)23-8-3-1-2-4-9-23/h5-7,10-12,21-23H,1-4,8-9,13-20H2,(H,29,33). The molecule has 35 heavy (non-hydrogen) atoms. The van der Waals surface area contributed by atoms with Crippen molar-refractivity contribution in [3.05, 3.63) is 52.2 Å². The quantitative estimate of drug-likeness (QED) is 0.616. The first-order valence-corrected chi connectivity index (χ1v) is 14.3. The lowest BCUT2D eigenvalue weighted by Gasteiger charge is -2.40. The van der Waals surface area contributed by atoms with E-state index in [0.717, 1.165) is 68.2 Å². The highest BCUT2D eigenvalue weighted by molar-refractivity contribution is 7.12. The molecule has 0 radical (unpaired) electrons. The van der Waals surface area contributed by atoms with Crippen molar-refractivity contribution in [2.45, 2.75) is 63.5 Å². The molecule has 2 amide bonds. The van der Waals surface area contributed by atoms with Crippen molar-refractivity contribution in [2.75, 3.05) is 44.2 Å². The van der Waals surface area contributed by atoms with Crippen molar-refractivity contribution < 1.29 is 9.59 Å². The van der Waals surface area contributed by atoms with Gasteiger partial charge in [-0.1, -0.05) is 43.9 Å². The third-order valence-electron chi connectivity index (χ3n) is 7.99. The normalized spacial score (nSPS) is 21.0. The van der Waals surface area contributed by atoms with Gasteiger partial charge in [-0.15, -0.1) is 11.3 Å². The lowest BCUT2D eigenvalue weighted by atomic mass is 10.0. The summed E-state index contributed by atoms with van der Waals surface area (Å²) in [5.41, 5.74) is 1.85. The monoisotopic (exact) mass is 494 g/mol. The van der Waals surface area contributed by atoms with Gasteiger partial charge in [-0.3, -0.25) is 14.5 Å². The van der Waals surface area contributed by atoms with E-state index in [9.17, 15) is 9.59 Å². The van der Waals surface area contributed by atoms with Crippen molar-refractivity contribution in [1.82, 2.24) is 15.1 Å². The van der Waals surface area contributed by atoms with Crippen molar-refractivity contribution in [3.63, 3.8) is 0 Å². The second-order valence-electron chi connectivity index (χ2n) is 10.2. The number of carbonyl (C=O) groups excluding carboxylic acids is 2. The highest BCUT2D eigenvalue weighted by Crippen LogP contribution is 2.27. The molecule has 6 nitrogen and oxygen atoms in total. The fourth-order valence-electron chi connectivity index (χ4n) is 5.94. The molecule has 0 unspecified atom stereocenters. The molecule has 2 aromatic rings. The second kappa shape index (κ2) is 11.6. The van der Waals surface area contributed by atoms with Crippen LogP contribution in [-0.4, -0.2) is 73.0 Å². The van der Waals surface area contributed by atoms with E-state index in [0.29, 0.717) is 6.04 Å². The summed E-state index contributed by atoms with van der Waals surface area (Å²) in [4.78, 5) is 33.8. The number of carbonyl (C=O) groups is 2. The van der Waals surface area contributed by atoms with E-state index in [4.69, 9.17) is 0 Å². The van der Waals surface area contributed by atoms with Gasteiger partial charge in [-0.05, 0) is 49.3 Å². The number of piperazine rings is 1. The van der Waals surface area contributed by atoms with Gasteiger partial charge in [-0.2, -0.15) is 0 Å². The molecule has 188 valence electrons. The number of para-hydroxylation sites is 1. The van der Waals surface area contributed by atoms with Crippen molar-refractivity contribution in [2.24, 2.45) is 0 Å². The van der Waals surface area contributed by atoms with Crippen LogP contribution in [0.3, 0.4) is 0 Å². The van der Waals surface area contributed by atoms with Crippen LogP contribution in [0.4, 0.5) is 5.69 Å². The van der Waals surface area contributed by atoms with E-state index in [1.807, 2.05) is 35.7 Å². The Labute approximate surface area is 213 Å². The first-order valence-electron chi connectivity index (χ1n) is 13.4. The molecule has 0 spiro atoms. The Morgan fingerprint density at radius 3 is 2.20 bits per heavy atom. The molecular weight excluding hydrogens is 456 g/mol. The van der Waals surface area contributed by atoms with Crippen molar-refractivity contribution in [1.29, 1.82) is 0 Å². The van der Waals surface area contributed by atoms with Crippen molar-refractivity contribution >= 4 is 28.8 Å². The van der Waals surface area contributed by atoms with E-state index in [1.54, 1.807) is 0 Å². The average Bonchev–Trinajstić information content (AvgIpc) is 3.32. The summed E-state index contributed by atoms with van der Waals surface area (Å²) in [5, 5.41) is 5.12. The Kier molecular flexibility index (Phi) is 8.04. The lowest BCUT2D eigenvalue weighted by Crippen LogP contribution is -2.52. The number of benzene rings is 1. The number of thiophene rings is 1. The minimum Gasteiger partial charge on any atom is -0.371 e. The predicted octanol–water partition coefficient (Wildman–Crippen LogP) is 4.63. The predicted molar refractivity (Wildman–Crippen MR) is 142 cm³/mol. The van der Waals surface area contributed by atoms with Crippen LogP contribution >= 0.6 is 11.3 Å². The van der Waals surface area contributed by atoms with E-state index in [-0.39, 0.29) is 17.9 Å². The molecule has 7 heteroatoms. The SMILES string of the molecule is O=C(NC1CCN(c2ccccc2C(=O)N2CCN(C3CCCCCC3)CC2)CC1)c1cccs1. The van der Waals surface area contributed by atoms with E-state index in [2.05, 4.69) is 26.1 Å². The summed E-state index contributed by atoms with van der Waals surface area (Å²) < 4.78 is 0. The molecule has 2 aliphatic heterocycles. The number of nitrogens with one attached hydrogen (secondary N) is 1. The third kappa shape index (κ3) is 5.89. The van der Waals surface area contributed by atoms with Crippen LogP contribution in [0.2, 0.25) is 0 Å². The number of hydrogen-bond acceptors (Lipinski definition) is 5. The summed E-state index contributed by atoms with van der Waals surface area (Å²) in [6, 6.07) is 12.7. The van der Waals surface area contributed by atoms with Gasteiger partial charge in [0.25, 0.3) is 11.8 Å². The largest absolute Gasteiger partial charge is 0.371 e. The number of amides is 2. The molecule has 0 bridgehead atoms. The van der Waals surface area contributed by atoms with E-state index >= 15 is 0 Å². The molecular formula is C28H38N4O2S. The summed E-state index contributed by atoms with van der Waals surface area (Å²) in [6.07, 6.45) is 9.88. The van der Waals surface area contributed by atoms with Gasteiger partial charge in [0.15, 0.2) is 0 Å². The van der Waals surface area contributed by atoms with Crippen LogP contribution in [0.1, 0.15) is 71.4 Å². The number of anilines is 1. The Bertz CT molecular complexity index is 971. The molecule has 2 saturated heterocycles. The van der Waals surface area contributed by atoms with Crippen LogP contribution in [0.5, 0.6) is 0 Å². The lowest BCUT2D eigenvalue weighted by molar-refractivity contribution is 0.0552. The first-order chi connectivity index (χ1) is 17.2. The van der Waals surface area contributed by atoms with Gasteiger partial charge in [0.1, 0.15) is 0 Å². The Hall–Kier alpha value is -2.38. The molecule has 0 atom stereocenters. The molecule has 1 aliphatic carbocycles. The maximum atomic E-state index is 13.6. The average molecular weight is 495 g/mol. The Morgan fingerprint density at radius 2 is 1.51 bits per heavy atom. The number of rotatable bonds is 5. The fraction of sp³-hybridized carbons (Fsp3) is 0.571. The highest BCUT2D eigenvalue weighted by atomic mass is 32.1. The zero-order valence-electron chi connectivity index (χ0n) is 20.7. The third-order valence-corrected chi connectivity index (χ3v) is 8.86. The summed E-state index contributed by atoms with van der Waals surface area (Å²) in [5.74, 6) is 0.186. The molecule has 1 saturated carbocycles. The molecule has 5 rings (SSSR count). The number of hydrogen-bond donors (Lipinski definition) is 1. The van der Waals surface area contributed by atoms with Crippen LogP contribution in [0.25, 0.3) is 0 Å². The van der Waals surface area contributed by atoms with Crippen LogP contribution in [0.15, 0.2) is 41.8 Å². The summed E-state index contributed by atoms with van der Waals surface area (Å²) in [7, 11) is 0. The summed E-state index contributed by atoms with van der Waals surface area (Å²) in [6.45, 7) is 5.31. The van der Waals surface area contributed by atoms with E-state index in [1.165, 1.54) is 49.9 Å². The number of nitrogens with zero attached hydrogens (tertiary/aromatic N) is 3. The second-order valence-corrected chi connectivity index (χ2v) is 11.2. The summed E-state index contributed by atoms with van der Waals surface area (Å²) >= 11 is 1.48. The first kappa shape index (κ1) is 24.3. The smallest absolute Gasteiger partial charge is 0.261 e. The zero-order chi connectivity index (χ0) is 24.0. The Balaban J connectivity index is 1.16. The molecule has 3 heterocycles. The number of piperidine rings is 1. The van der Waals surface area contributed by atoms with Crippen LogP contribution in [0, 0.1) is 0 Å². The topological polar surface area (TPSA) is 55.9 Å². The molecule has 3 fully saturated rings. The van der Waals surface area contributed by atoms with Crippen molar-refractivity contribution in [3.8, 4) is 0 Å². The van der Waals surface area contributed by atoms with Gasteiger partial charge in [0.05, 0.1) is 10.4 Å². The minimum atomic E-state index is 0.0250. The minimum absolute atomic E-state index is 0.0250. The zero-order valence-corrected chi connectivity index (χ0v) is 21.5. The van der Waals surface area contributed by atoms with Crippen LogP contribution in [-0.2, 0) is 0 Å². The van der Waals surface area contributed by atoms with Gasteiger partial charge in [0.2, 0.25) is 0 Å². The maximum Gasteiger partial charge on any atom is 0.261 e. The van der Waals surface area contributed by atoms with E-state index < -0.39 is 0 Å². The van der Waals surface area contributed by atoms with Gasteiger partial charge in [0, 0.05) is 57.0 Å². The molecule has 3 aliphatic rings. The highest BCUT2D eigenvalue weighted by Gasteiger charge is 2.29. The molecule has 1 aromatic heterocycles. The van der Waals surface area contributed by atoms with Gasteiger partial charge < -0.3 is 15.1 Å². The van der Waals surface area contributed by atoms with Gasteiger partial charge in [-0.25, -0.2) is 0 Å². The fourth-order valence-corrected chi connectivity index (χ4v) is 6.57. The maximum absolute atomic E-state index is 13.6. The Morgan fingerprint density at radius 1 is 0.800 bits per heavy atom. The van der Waals surface area contributed by atoms with Crippen LogP contribution < -0.4 is 10.2 Å².